The number of carbonyl (C=O) groups excluding carboxylic acids is 1. The number of benzene rings is 1. The third-order valence-electron chi connectivity index (χ3n) is 2.85. The van der Waals surface area contributed by atoms with Gasteiger partial charge in [-0.15, -0.1) is 0 Å². The number of aryl methyl sites for hydroxylation is 1. The Balaban J connectivity index is 2.15. The van der Waals surface area contributed by atoms with Gasteiger partial charge in [-0.1, -0.05) is 0 Å². The molecule has 0 aliphatic heterocycles. The molecule has 1 heterocycles. The zero-order valence-corrected chi connectivity index (χ0v) is 12.3. The summed E-state index contributed by atoms with van der Waals surface area (Å²) >= 11 is 0. The number of halogens is 2. The van der Waals surface area contributed by atoms with E-state index in [4.69, 9.17) is 0 Å². The number of amides is 1. The number of nitrogens with zero attached hydrogens (tertiary/aromatic N) is 1. The molecule has 1 aromatic heterocycles. The Labute approximate surface area is 125 Å². The Hall–Kier alpha value is -2.35. The van der Waals surface area contributed by atoms with E-state index in [0.29, 0.717) is 11.3 Å². The molecule has 1 amide bonds. The van der Waals surface area contributed by atoms with Crippen molar-refractivity contribution in [1.29, 1.82) is 0 Å². The Morgan fingerprint density at radius 1 is 1.14 bits per heavy atom. The van der Waals surface area contributed by atoms with Gasteiger partial charge in [0.25, 0.3) is 5.91 Å². The number of carbonyl (C=O) groups is 1. The molecule has 0 saturated heterocycles. The molecular formula is C14H12F2N2O3S. The smallest absolute Gasteiger partial charge is 0.322 e. The number of anilines is 1. The van der Waals surface area contributed by atoms with Crippen LogP contribution in [-0.4, -0.2) is 25.1 Å². The molecule has 22 heavy (non-hydrogen) atoms. The van der Waals surface area contributed by atoms with Gasteiger partial charge in [0.1, 0.15) is 0 Å². The van der Waals surface area contributed by atoms with Crippen LogP contribution >= 0.6 is 0 Å². The van der Waals surface area contributed by atoms with E-state index in [2.05, 4.69) is 10.3 Å². The molecule has 0 bridgehead atoms. The molecule has 0 aliphatic rings. The number of hydrogen-bond acceptors (Lipinski definition) is 4. The van der Waals surface area contributed by atoms with E-state index in [1.807, 2.05) is 0 Å². The summed E-state index contributed by atoms with van der Waals surface area (Å²) in [5.41, 5.74) is 1.38. The van der Waals surface area contributed by atoms with Gasteiger partial charge in [0.2, 0.25) is 9.84 Å². The maximum absolute atomic E-state index is 12.4. The van der Waals surface area contributed by atoms with E-state index in [1.54, 1.807) is 19.1 Å². The average Bonchev–Trinajstić information content (AvgIpc) is 2.48. The van der Waals surface area contributed by atoms with E-state index in [9.17, 15) is 22.0 Å². The van der Waals surface area contributed by atoms with Crippen LogP contribution in [-0.2, 0) is 9.84 Å². The fourth-order valence-corrected chi connectivity index (χ4v) is 2.36. The van der Waals surface area contributed by atoms with Gasteiger partial charge in [-0.05, 0) is 43.3 Å². The minimum atomic E-state index is -4.64. The molecule has 1 aromatic carbocycles. The largest absolute Gasteiger partial charge is 0.341 e. The Morgan fingerprint density at radius 3 is 2.27 bits per heavy atom. The Kier molecular flexibility index (Phi) is 4.51. The molecule has 0 atom stereocenters. The molecule has 0 aliphatic carbocycles. The third kappa shape index (κ3) is 3.45. The monoisotopic (exact) mass is 326 g/mol. The molecule has 5 nitrogen and oxygen atoms in total. The van der Waals surface area contributed by atoms with Crippen molar-refractivity contribution in [2.45, 2.75) is 17.6 Å². The molecule has 0 saturated carbocycles. The fourth-order valence-electron chi connectivity index (χ4n) is 1.64. The highest BCUT2D eigenvalue weighted by atomic mass is 32.2. The standard InChI is InChI=1S/C14H12F2N2O3S/c1-9-2-3-10(8-17-9)13(19)18-11-4-6-12(7-5-11)22(20,21)14(15)16/h2-8,14H,1H3,(H,18,19). The molecule has 0 spiro atoms. The summed E-state index contributed by atoms with van der Waals surface area (Å²) in [6, 6.07) is 7.79. The van der Waals surface area contributed by atoms with Gasteiger partial charge in [-0.25, -0.2) is 8.42 Å². The predicted molar refractivity (Wildman–Crippen MR) is 76.6 cm³/mol. The molecule has 0 unspecified atom stereocenters. The van der Waals surface area contributed by atoms with Crippen LogP contribution in [0.15, 0.2) is 47.5 Å². The van der Waals surface area contributed by atoms with Crippen LogP contribution in [0.5, 0.6) is 0 Å². The second kappa shape index (κ2) is 6.18. The summed E-state index contributed by atoms with van der Waals surface area (Å²) in [6.45, 7) is 1.78. The van der Waals surface area contributed by atoms with Gasteiger partial charge in [-0.3, -0.25) is 9.78 Å². The van der Waals surface area contributed by atoms with Crippen molar-refractivity contribution in [3.8, 4) is 0 Å². The van der Waals surface area contributed by atoms with E-state index >= 15 is 0 Å². The number of pyridine rings is 1. The van der Waals surface area contributed by atoms with Crippen LogP contribution in [0.1, 0.15) is 16.1 Å². The number of aromatic nitrogens is 1. The SMILES string of the molecule is Cc1ccc(C(=O)Nc2ccc(S(=O)(=O)C(F)F)cc2)cn1. The zero-order chi connectivity index (χ0) is 16.3. The van der Waals surface area contributed by atoms with Crippen molar-refractivity contribution in [3.05, 3.63) is 53.9 Å². The quantitative estimate of drug-likeness (QED) is 0.937. The van der Waals surface area contributed by atoms with Crippen molar-refractivity contribution in [2.24, 2.45) is 0 Å². The molecule has 0 radical (unpaired) electrons. The van der Waals surface area contributed by atoms with E-state index in [0.717, 1.165) is 17.8 Å². The Morgan fingerprint density at radius 2 is 1.77 bits per heavy atom. The van der Waals surface area contributed by atoms with Crippen LogP contribution in [0.25, 0.3) is 0 Å². The van der Waals surface area contributed by atoms with Crippen LogP contribution in [0.2, 0.25) is 0 Å². The summed E-state index contributed by atoms with van der Waals surface area (Å²) < 4.78 is 47.3. The second-order valence-electron chi connectivity index (χ2n) is 4.47. The minimum absolute atomic E-state index is 0.291. The van der Waals surface area contributed by atoms with E-state index in [1.165, 1.54) is 18.3 Å². The highest BCUT2D eigenvalue weighted by molar-refractivity contribution is 7.91. The molecule has 2 rings (SSSR count). The lowest BCUT2D eigenvalue weighted by atomic mass is 10.2. The molecule has 8 heteroatoms. The normalized spacial score (nSPS) is 11.5. The van der Waals surface area contributed by atoms with Gasteiger partial charge >= 0.3 is 5.76 Å². The lowest BCUT2D eigenvalue weighted by molar-refractivity contribution is 0.102. The summed E-state index contributed by atoms with van der Waals surface area (Å²) in [6.07, 6.45) is 1.40. The van der Waals surface area contributed by atoms with Gasteiger partial charge in [0.15, 0.2) is 0 Å². The summed E-state index contributed by atoms with van der Waals surface area (Å²) in [4.78, 5) is 15.4. The first-order valence-electron chi connectivity index (χ1n) is 6.17. The molecule has 2 aromatic rings. The third-order valence-corrected chi connectivity index (χ3v) is 4.25. The Bertz CT molecular complexity index is 773. The van der Waals surface area contributed by atoms with Crippen molar-refractivity contribution in [1.82, 2.24) is 4.98 Å². The van der Waals surface area contributed by atoms with Crippen LogP contribution in [0.4, 0.5) is 14.5 Å². The van der Waals surface area contributed by atoms with Crippen molar-refractivity contribution < 1.29 is 22.0 Å². The van der Waals surface area contributed by atoms with Crippen molar-refractivity contribution >= 4 is 21.4 Å². The van der Waals surface area contributed by atoms with Gasteiger partial charge in [0.05, 0.1) is 10.5 Å². The zero-order valence-electron chi connectivity index (χ0n) is 11.5. The van der Waals surface area contributed by atoms with Crippen molar-refractivity contribution in [2.75, 3.05) is 5.32 Å². The number of rotatable bonds is 4. The average molecular weight is 326 g/mol. The first kappa shape index (κ1) is 16.0. The minimum Gasteiger partial charge on any atom is -0.322 e. The topological polar surface area (TPSA) is 76.1 Å². The van der Waals surface area contributed by atoms with Gasteiger partial charge in [-0.2, -0.15) is 8.78 Å². The van der Waals surface area contributed by atoms with E-state index < -0.39 is 26.4 Å². The van der Waals surface area contributed by atoms with Gasteiger partial charge in [0, 0.05) is 17.6 Å². The summed E-state index contributed by atoms with van der Waals surface area (Å²) in [5, 5.41) is 2.52. The molecular weight excluding hydrogens is 314 g/mol. The number of alkyl halides is 2. The highest BCUT2D eigenvalue weighted by Crippen LogP contribution is 2.20. The second-order valence-corrected chi connectivity index (χ2v) is 6.39. The maximum atomic E-state index is 12.4. The number of nitrogens with one attached hydrogen (secondary N) is 1. The first-order chi connectivity index (χ1) is 10.3. The predicted octanol–water partition coefficient (Wildman–Crippen LogP) is 2.64. The lowest BCUT2D eigenvalue weighted by Gasteiger charge is -2.07. The maximum Gasteiger partial charge on any atom is 0.341 e. The van der Waals surface area contributed by atoms with Crippen LogP contribution in [0, 0.1) is 6.92 Å². The molecule has 116 valence electrons. The molecule has 1 N–H and O–H groups in total. The van der Waals surface area contributed by atoms with E-state index in [-0.39, 0.29) is 0 Å². The molecule has 0 fully saturated rings. The van der Waals surface area contributed by atoms with Crippen molar-refractivity contribution in [3.63, 3.8) is 0 Å². The highest BCUT2D eigenvalue weighted by Gasteiger charge is 2.26. The first-order valence-corrected chi connectivity index (χ1v) is 7.71. The summed E-state index contributed by atoms with van der Waals surface area (Å²) in [5.74, 6) is -3.91. The van der Waals surface area contributed by atoms with Crippen LogP contribution in [0.3, 0.4) is 0 Å². The summed E-state index contributed by atoms with van der Waals surface area (Å²) in [7, 11) is -4.64. The lowest BCUT2D eigenvalue weighted by Crippen LogP contribution is -2.13. The number of sulfone groups is 1. The number of hydrogen-bond donors (Lipinski definition) is 1. The fraction of sp³-hybridized carbons (Fsp3) is 0.143. The van der Waals surface area contributed by atoms with Crippen LogP contribution < -0.4 is 5.32 Å². The van der Waals surface area contributed by atoms with Gasteiger partial charge < -0.3 is 5.32 Å².